The predicted octanol–water partition coefficient (Wildman–Crippen LogP) is 6.74. The maximum absolute atomic E-state index is 14.5. The van der Waals surface area contributed by atoms with Crippen LogP contribution in [-0.4, -0.2) is 50.7 Å². The van der Waals surface area contributed by atoms with Crippen LogP contribution >= 0.6 is 0 Å². The summed E-state index contributed by atoms with van der Waals surface area (Å²) >= 11 is 0. The number of aromatic nitrogens is 5. The SMILES string of the molecule is COc1ccc(C(C)n2cc(-c3nc4cc(F)c(F)cc4[nH]3)c3c(N4CCC(N)CC4)c(-c4cc(F)cc(F)c4)cnc32)nc1. The molecule has 0 amide bonds. The molecule has 0 spiro atoms. The number of imidazole rings is 1. The second-order valence-electron chi connectivity index (χ2n) is 11.3. The van der Waals surface area contributed by atoms with Gasteiger partial charge in [-0.05, 0) is 49.6 Å². The maximum atomic E-state index is 14.5. The first-order chi connectivity index (χ1) is 21.7. The first-order valence-electron chi connectivity index (χ1n) is 14.6. The Morgan fingerprint density at radius 3 is 2.36 bits per heavy atom. The van der Waals surface area contributed by atoms with E-state index in [2.05, 4.69) is 19.9 Å². The van der Waals surface area contributed by atoms with E-state index in [1.54, 1.807) is 19.5 Å². The summed E-state index contributed by atoms with van der Waals surface area (Å²) in [6.07, 6.45) is 6.55. The minimum atomic E-state index is -1.01. The van der Waals surface area contributed by atoms with Crippen molar-refractivity contribution >= 4 is 27.8 Å². The highest BCUT2D eigenvalue weighted by molar-refractivity contribution is 6.07. The molecule has 12 heteroatoms. The number of aromatic amines is 1. The molecule has 1 unspecified atom stereocenters. The highest BCUT2D eigenvalue weighted by Crippen LogP contribution is 2.44. The molecule has 1 saturated heterocycles. The number of hydrogen-bond donors (Lipinski definition) is 2. The van der Waals surface area contributed by atoms with Gasteiger partial charge < -0.3 is 24.9 Å². The zero-order valence-corrected chi connectivity index (χ0v) is 24.5. The molecular weight excluding hydrogens is 586 g/mol. The second-order valence-corrected chi connectivity index (χ2v) is 11.3. The van der Waals surface area contributed by atoms with Crippen molar-refractivity contribution in [3.63, 3.8) is 0 Å². The molecule has 3 N–H and O–H groups in total. The Labute approximate surface area is 255 Å². The van der Waals surface area contributed by atoms with Crippen molar-refractivity contribution in [2.75, 3.05) is 25.1 Å². The zero-order valence-electron chi connectivity index (χ0n) is 24.5. The average molecular weight is 616 g/mol. The van der Waals surface area contributed by atoms with Crippen LogP contribution in [0.1, 0.15) is 31.5 Å². The van der Waals surface area contributed by atoms with Crippen LogP contribution in [0.15, 0.2) is 61.1 Å². The Hall–Kier alpha value is -4.97. The summed E-state index contributed by atoms with van der Waals surface area (Å²) in [4.78, 5) is 19.4. The minimum Gasteiger partial charge on any atom is -0.495 e. The van der Waals surface area contributed by atoms with Crippen LogP contribution < -0.4 is 15.4 Å². The van der Waals surface area contributed by atoms with Crippen LogP contribution in [0.3, 0.4) is 0 Å². The molecule has 45 heavy (non-hydrogen) atoms. The van der Waals surface area contributed by atoms with Gasteiger partial charge in [-0.3, -0.25) is 4.98 Å². The van der Waals surface area contributed by atoms with E-state index >= 15 is 0 Å². The highest BCUT2D eigenvalue weighted by Gasteiger charge is 2.29. The van der Waals surface area contributed by atoms with Gasteiger partial charge in [0.15, 0.2) is 11.6 Å². The number of halogens is 4. The van der Waals surface area contributed by atoms with Crippen molar-refractivity contribution < 1.29 is 22.3 Å². The third kappa shape index (κ3) is 5.14. The topological polar surface area (TPSA) is 97.9 Å². The molecule has 8 nitrogen and oxygen atoms in total. The Morgan fingerprint density at radius 2 is 1.67 bits per heavy atom. The van der Waals surface area contributed by atoms with E-state index in [1.807, 2.05) is 29.8 Å². The van der Waals surface area contributed by atoms with Crippen molar-refractivity contribution in [3.05, 3.63) is 90.0 Å². The van der Waals surface area contributed by atoms with E-state index in [-0.39, 0.29) is 17.6 Å². The number of rotatable bonds is 6. The molecule has 4 aromatic heterocycles. The standard InChI is InChI=1S/C33H29F4N7O/c1-17(27-4-3-22(45-2)14-39-27)44-16-24(32-41-28-12-25(36)26(37)13-29(28)42-32)30-31(43-7-5-21(38)6-8-43)23(15-40-33(30)44)18-9-19(34)11-20(35)10-18/h3-4,9-17,21H,5-8,38H2,1-2H3,(H,41,42). The van der Waals surface area contributed by atoms with Gasteiger partial charge in [0.25, 0.3) is 0 Å². The third-order valence-corrected chi connectivity index (χ3v) is 8.46. The van der Waals surface area contributed by atoms with Crippen molar-refractivity contribution in [3.8, 4) is 28.3 Å². The molecule has 0 saturated carbocycles. The summed E-state index contributed by atoms with van der Waals surface area (Å²) in [6.45, 7) is 3.17. The maximum Gasteiger partial charge on any atom is 0.161 e. The lowest BCUT2D eigenvalue weighted by Gasteiger charge is -2.34. The molecule has 2 aromatic carbocycles. The van der Waals surface area contributed by atoms with Gasteiger partial charge in [0.1, 0.15) is 28.9 Å². The summed E-state index contributed by atoms with van der Waals surface area (Å²) in [6, 6.07) is 8.87. The molecule has 0 aliphatic carbocycles. The van der Waals surface area contributed by atoms with E-state index in [1.165, 1.54) is 12.1 Å². The van der Waals surface area contributed by atoms with Gasteiger partial charge in [-0.2, -0.15) is 0 Å². The number of ether oxygens (including phenoxy) is 1. The van der Waals surface area contributed by atoms with E-state index in [4.69, 9.17) is 15.5 Å². The predicted molar refractivity (Wildman–Crippen MR) is 164 cm³/mol. The quantitative estimate of drug-likeness (QED) is 0.201. The van der Waals surface area contributed by atoms with Gasteiger partial charge in [0.05, 0.1) is 47.1 Å². The Morgan fingerprint density at radius 1 is 0.933 bits per heavy atom. The lowest BCUT2D eigenvalue weighted by Crippen LogP contribution is -2.40. The van der Waals surface area contributed by atoms with E-state index in [9.17, 15) is 17.6 Å². The fraction of sp³-hybridized carbons (Fsp3) is 0.242. The molecule has 1 atom stereocenters. The van der Waals surface area contributed by atoms with Crippen LogP contribution in [0.5, 0.6) is 5.75 Å². The minimum absolute atomic E-state index is 0.0269. The van der Waals surface area contributed by atoms with Gasteiger partial charge in [0, 0.05) is 60.9 Å². The van der Waals surface area contributed by atoms with Crippen molar-refractivity contribution in [1.29, 1.82) is 0 Å². The number of methoxy groups -OCH3 is 1. The first-order valence-corrected chi connectivity index (χ1v) is 14.6. The number of pyridine rings is 2. The van der Waals surface area contributed by atoms with E-state index in [0.717, 1.165) is 23.9 Å². The molecule has 5 heterocycles. The molecule has 230 valence electrons. The van der Waals surface area contributed by atoms with Gasteiger partial charge >= 0.3 is 0 Å². The molecule has 7 rings (SSSR count). The fourth-order valence-electron chi connectivity index (χ4n) is 6.08. The van der Waals surface area contributed by atoms with Crippen LogP contribution in [0.25, 0.3) is 44.6 Å². The monoisotopic (exact) mass is 615 g/mol. The van der Waals surface area contributed by atoms with E-state index < -0.39 is 23.3 Å². The lowest BCUT2D eigenvalue weighted by molar-refractivity contribution is 0.412. The molecule has 6 aromatic rings. The summed E-state index contributed by atoms with van der Waals surface area (Å²) in [5.74, 6) is -2.47. The van der Waals surface area contributed by atoms with E-state index in [0.29, 0.717) is 76.4 Å². The normalized spacial score (nSPS) is 14.9. The molecule has 0 bridgehead atoms. The summed E-state index contributed by atoms with van der Waals surface area (Å²) in [7, 11) is 1.57. The molecule has 0 radical (unpaired) electrons. The smallest absolute Gasteiger partial charge is 0.161 e. The number of nitrogens with two attached hydrogens (primary N) is 1. The van der Waals surface area contributed by atoms with Gasteiger partial charge in [-0.1, -0.05) is 0 Å². The number of benzene rings is 2. The van der Waals surface area contributed by atoms with Crippen molar-refractivity contribution in [1.82, 2.24) is 24.5 Å². The zero-order chi connectivity index (χ0) is 31.4. The number of hydrogen-bond acceptors (Lipinski definition) is 6. The number of fused-ring (bicyclic) bond motifs is 2. The van der Waals surface area contributed by atoms with Crippen LogP contribution in [-0.2, 0) is 0 Å². The average Bonchev–Trinajstić information content (AvgIpc) is 3.62. The summed E-state index contributed by atoms with van der Waals surface area (Å²) in [5, 5.41) is 0.660. The van der Waals surface area contributed by atoms with Crippen molar-refractivity contribution in [2.45, 2.75) is 31.8 Å². The van der Waals surface area contributed by atoms with Crippen molar-refractivity contribution in [2.24, 2.45) is 5.73 Å². The number of anilines is 1. The molecule has 1 fully saturated rings. The lowest BCUT2D eigenvalue weighted by atomic mass is 9.98. The number of H-pyrrole nitrogens is 1. The Bertz CT molecular complexity index is 1990. The van der Waals surface area contributed by atoms with Crippen LogP contribution in [0, 0.1) is 23.3 Å². The van der Waals surface area contributed by atoms with Crippen LogP contribution in [0.4, 0.5) is 23.2 Å². The van der Waals surface area contributed by atoms with Gasteiger partial charge in [0.2, 0.25) is 0 Å². The third-order valence-electron chi connectivity index (χ3n) is 8.46. The van der Waals surface area contributed by atoms with Gasteiger partial charge in [-0.25, -0.2) is 27.5 Å². The summed E-state index contributed by atoms with van der Waals surface area (Å²) < 4.78 is 64.7. The second kappa shape index (κ2) is 11.2. The molecule has 1 aliphatic rings. The number of nitrogens with one attached hydrogen (secondary N) is 1. The Balaban J connectivity index is 1.53. The Kier molecular flexibility index (Phi) is 7.16. The number of piperidine rings is 1. The van der Waals surface area contributed by atoms with Gasteiger partial charge in [-0.15, -0.1) is 0 Å². The summed E-state index contributed by atoms with van der Waals surface area (Å²) in [5.41, 5.74) is 10.3. The molecular formula is C33H29F4N7O. The van der Waals surface area contributed by atoms with Crippen LogP contribution in [0.2, 0.25) is 0 Å². The molecule has 1 aliphatic heterocycles. The fourth-order valence-corrected chi connectivity index (χ4v) is 6.08. The first kappa shape index (κ1) is 28.8. The largest absolute Gasteiger partial charge is 0.495 e. The number of nitrogens with zero attached hydrogens (tertiary/aromatic N) is 5. The highest BCUT2D eigenvalue weighted by atomic mass is 19.2.